The number of anilines is 1. The average molecular weight is 268 g/mol. The molecule has 0 atom stereocenters. The number of aldehydes is 1. The molecule has 0 unspecified atom stereocenters. The Morgan fingerprint density at radius 3 is 2.89 bits per heavy atom. The van der Waals surface area contributed by atoms with Gasteiger partial charge in [0.15, 0.2) is 5.13 Å². The van der Waals surface area contributed by atoms with Gasteiger partial charge in [0.2, 0.25) is 0 Å². The molecule has 1 N–H and O–H groups in total. The molecule has 0 aliphatic heterocycles. The Morgan fingerprint density at radius 2 is 2.28 bits per heavy atom. The molecular weight excluding hydrogens is 252 g/mol. The molecule has 0 spiro atoms. The Hall–Kier alpha value is -1.69. The van der Waals surface area contributed by atoms with E-state index in [9.17, 15) is 9.59 Å². The number of carbonyl (C=O) groups excluding carboxylic acids is 2. The van der Waals surface area contributed by atoms with Crippen molar-refractivity contribution in [3.63, 3.8) is 0 Å². The number of hydrogen-bond donors (Lipinski definition) is 1. The first-order chi connectivity index (χ1) is 8.40. The number of aromatic nitrogens is 1. The van der Waals surface area contributed by atoms with E-state index in [2.05, 4.69) is 10.3 Å². The highest BCUT2D eigenvalue weighted by atomic mass is 32.1. The largest absolute Gasteiger partial charge is 0.444 e. The van der Waals surface area contributed by atoms with Crippen LogP contribution in [0.1, 0.15) is 32.1 Å². The summed E-state index contributed by atoms with van der Waals surface area (Å²) in [7, 11) is 0. The molecule has 1 aromatic rings. The fourth-order valence-corrected chi connectivity index (χ4v) is 1.78. The summed E-state index contributed by atoms with van der Waals surface area (Å²) in [5.41, 5.74) is -0.534. The van der Waals surface area contributed by atoms with Crippen molar-refractivity contribution in [1.82, 2.24) is 4.98 Å². The van der Waals surface area contributed by atoms with Crippen molar-refractivity contribution in [2.45, 2.75) is 32.8 Å². The van der Waals surface area contributed by atoms with Gasteiger partial charge < -0.3 is 9.53 Å². The van der Waals surface area contributed by atoms with Crippen LogP contribution in [0.4, 0.5) is 9.93 Å². The summed E-state index contributed by atoms with van der Waals surface area (Å²) in [5.74, 6) is 0. The van der Waals surface area contributed by atoms with Crippen LogP contribution in [0.25, 0.3) is 6.08 Å². The minimum Gasteiger partial charge on any atom is -0.444 e. The van der Waals surface area contributed by atoms with Crippen molar-refractivity contribution in [1.29, 1.82) is 0 Å². The SMILES string of the molecule is CC(C)(C)OC(=O)Nc1ncc(C=CCC=O)s1. The Morgan fingerprint density at radius 1 is 1.56 bits per heavy atom. The number of allylic oxidation sites excluding steroid dienone is 1. The Kier molecular flexibility index (Phi) is 5.03. The van der Waals surface area contributed by atoms with Gasteiger partial charge >= 0.3 is 6.09 Å². The molecule has 1 amide bonds. The van der Waals surface area contributed by atoms with E-state index < -0.39 is 11.7 Å². The fraction of sp³-hybridized carbons (Fsp3) is 0.417. The summed E-state index contributed by atoms with van der Waals surface area (Å²) in [6.45, 7) is 5.38. The Labute approximate surface area is 110 Å². The third-order valence-electron chi connectivity index (χ3n) is 1.65. The van der Waals surface area contributed by atoms with E-state index in [0.29, 0.717) is 11.6 Å². The van der Waals surface area contributed by atoms with Crippen LogP contribution in [-0.4, -0.2) is 23.0 Å². The lowest BCUT2D eigenvalue weighted by atomic mass is 10.2. The summed E-state index contributed by atoms with van der Waals surface area (Å²) in [4.78, 5) is 26.5. The van der Waals surface area contributed by atoms with Crippen LogP contribution in [0, 0.1) is 0 Å². The molecule has 0 saturated heterocycles. The zero-order valence-corrected chi connectivity index (χ0v) is 11.4. The Balaban J connectivity index is 2.53. The lowest BCUT2D eigenvalue weighted by molar-refractivity contribution is -0.107. The van der Waals surface area contributed by atoms with Crippen LogP contribution >= 0.6 is 11.3 Å². The summed E-state index contributed by atoms with van der Waals surface area (Å²) in [6, 6.07) is 0. The van der Waals surface area contributed by atoms with Crippen LogP contribution in [-0.2, 0) is 9.53 Å². The van der Waals surface area contributed by atoms with Gasteiger partial charge in [0.05, 0.1) is 0 Å². The zero-order valence-electron chi connectivity index (χ0n) is 10.6. The molecule has 0 aromatic carbocycles. The molecule has 1 aromatic heterocycles. The van der Waals surface area contributed by atoms with Crippen molar-refractivity contribution in [3.8, 4) is 0 Å². The normalized spacial score (nSPS) is 11.5. The molecule has 1 heterocycles. The molecule has 0 fully saturated rings. The first-order valence-corrected chi connectivity index (χ1v) is 6.28. The number of nitrogens with one attached hydrogen (secondary N) is 1. The third-order valence-corrected chi connectivity index (χ3v) is 2.52. The molecule has 98 valence electrons. The first-order valence-electron chi connectivity index (χ1n) is 5.47. The second-order valence-corrected chi connectivity index (χ2v) is 5.56. The van der Waals surface area contributed by atoms with E-state index >= 15 is 0 Å². The lowest BCUT2D eigenvalue weighted by Gasteiger charge is -2.18. The number of thiazole rings is 1. The van der Waals surface area contributed by atoms with Crippen molar-refractivity contribution in [2.24, 2.45) is 0 Å². The zero-order chi connectivity index (χ0) is 13.6. The number of carbonyl (C=O) groups is 2. The number of nitrogens with zero attached hydrogens (tertiary/aromatic N) is 1. The molecule has 5 nitrogen and oxygen atoms in total. The summed E-state index contributed by atoms with van der Waals surface area (Å²) < 4.78 is 5.10. The predicted octanol–water partition coefficient (Wildman–Crippen LogP) is 3.09. The first kappa shape index (κ1) is 14.4. The fourth-order valence-electron chi connectivity index (χ4n) is 1.05. The second kappa shape index (κ2) is 6.30. The highest BCUT2D eigenvalue weighted by Gasteiger charge is 2.16. The van der Waals surface area contributed by atoms with E-state index in [0.717, 1.165) is 11.2 Å². The number of rotatable bonds is 4. The van der Waals surface area contributed by atoms with Crippen molar-refractivity contribution < 1.29 is 14.3 Å². The van der Waals surface area contributed by atoms with E-state index in [4.69, 9.17) is 4.74 Å². The molecule has 6 heteroatoms. The monoisotopic (exact) mass is 268 g/mol. The lowest BCUT2D eigenvalue weighted by Crippen LogP contribution is -2.27. The predicted molar refractivity (Wildman–Crippen MR) is 71.7 cm³/mol. The maximum absolute atomic E-state index is 11.5. The minimum absolute atomic E-state index is 0.368. The summed E-state index contributed by atoms with van der Waals surface area (Å²) in [5, 5.41) is 3.02. The van der Waals surface area contributed by atoms with E-state index in [-0.39, 0.29) is 0 Å². The van der Waals surface area contributed by atoms with Gasteiger partial charge in [-0.15, -0.1) is 0 Å². The van der Waals surface area contributed by atoms with Gasteiger partial charge in [-0.3, -0.25) is 5.32 Å². The van der Waals surface area contributed by atoms with Gasteiger partial charge in [-0.1, -0.05) is 17.4 Å². The number of amides is 1. The van der Waals surface area contributed by atoms with Crippen molar-refractivity contribution in [3.05, 3.63) is 17.2 Å². The minimum atomic E-state index is -0.534. The maximum atomic E-state index is 11.5. The van der Waals surface area contributed by atoms with E-state index in [1.807, 2.05) is 0 Å². The highest BCUT2D eigenvalue weighted by molar-refractivity contribution is 7.16. The quantitative estimate of drug-likeness (QED) is 0.852. The van der Waals surface area contributed by atoms with Gasteiger partial charge in [0.25, 0.3) is 0 Å². The molecule has 0 saturated carbocycles. The molecule has 0 aliphatic rings. The number of ether oxygens (including phenoxy) is 1. The van der Waals surface area contributed by atoms with Crippen LogP contribution in [0.5, 0.6) is 0 Å². The summed E-state index contributed by atoms with van der Waals surface area (Å²) in [6.07, 6.45) is 5.80. The standard InChI is InChI=1S/C12H16N2O3S/c1-12(2,3)17-11(16)14-10-13-8-9(18-10)6-4-5-7-15/h4,6-8H,5H2,1-3H3,(H,13,14,16). The van der Waals surface area contributed by atoms with Crippen LogP contribution in [0.2, 0.25) is 0 Å². The van der Waals surface area contributed by atoms with E-state index in [1.165, 1.54) is 11.3 Å². The van der Waals surface area contributed by atoms with Gasteiger partial charge in [0.1, 0.15) is 11.9 Å². The van der Waals surface area contributed by atoms with Crippen LogP contribution in [0.3, 0.4) is 0 Å². The van der Waals surface area contributed by atoms with Gasteiger partial charge in [-0.05, 0) is 26.8 Å². The number of hydrogen-bond acceptors (Lipinski definition) is 5. The highest BCUT2D eigenvalue weighted by Crippen LogP contribution is 2.20. The molecule has 0 radical (unpaired) electrons. The van der Waals surface area contributed by atoms with Gasteiger partial charge in [-0.25, -0.2) is 9.78 Å². The average Bonchev–Trinajstić information content (AvgIpc) is 2.63. The smallest absolute Gasteiger partial charge is 0.413 e. The molecule has 0 aliphatic carbocycles. The van der Waals surface area contributed by atoms with Crippen molar-refractivity contribution in [2.75, 3.05) is 5.32 Å². The molecule has 0 bridgehead atoms. The van der Waals surface area contributed by atoms with E-state index in [1.54, 1.807) is 39.1 Å². The van der Waals surface area contributed by atoms with Crippen LogP contribution < -0.4 is 5.32 Å². The second-order valence-electron chi connectivity index (χ2n) is 4.50. The molecule has 18 heavy (non-hydrogen) atoms. The van der Waals surface area contributed by atoms with Crippen LogP contribution in [0.15, 0.2) is 12.3 Å². The Bertz CT molecular complexity index is 446. The topological polar surface area (TPSA) is 68.3 Å². The van der Waals surface area contributed by atoms with Gasteiger partial charge in [-0.2, -0.15) is 0 Å². The third kappa shape index (κ3) is 5.58. The van der Waals surface area contributed by atoms with Gasteiger partial charge in [0, 0.05) is 17.5 Å². The summed E-state index contributed by atoms with van der Waals surface area (Å²) >= 11 is 1.31. The molecule has 1 rings (SSSR count). The maximum Gasteiger partial charge on any atom is 0.413 e. The van der Waals surface area contributed by atoms with Crippen molar-refractivity contribution >= 4 is 34.9 Å². The molecular formula is C12H16N2O3S.